The van der Waals surface area contributed by atoms with Crippen molar-refractivity contribution in [3.63, 3.8) is 0 Å². The van der Waals surface area contributed by atoms with Gasteiger partial charge in [-0.1, -0.05) is 25.7 Å². The maximum Gasteiger partial charge on any atom is 0.356 e. The molecule has 0 atom stereocenters. The van der Waals surface area contributed by atoms with Gasteiger partial charge in [-0.25, -0.2) is 14.3 Å². The number of aromatic amines is 1. The fourth-order valence-electron chi connectivity index (χ4n) is 3.13. The second-order valence-corrected chi connectivity index (χ2v) is 5.86. The SMILES string of the molecule is CCOC(=O)c1cc2nc(CCC3CCCC3)cc(=O)n2[nH]1. The molecule has 1 fully saturated rings. The molecule has 0 saturated heterocycles. The van der Waals surface area contributed by atoms with Gasteiger partial charge in [-0.05, 0) is 25.7 Å². The number of aryl methyl sites for hydroxylation is 1. The van der Waals surface area contributed by atoms with E-state index in [1.807, 2.05) is 0 Å². The average Bonchev–Trinajstić information content (AvgIpc) is 3.15. The minimum atomic E-state index is -0.472. The molecule has 22 heavy (non-hydrogen) atoms. The maximum atomic E-state index is 12.1. The summed E-state index contributed by atoms with van der Waals surface area (Å²) < 4.78 is 6.21. The van der Waals surface area contributed by atoms with Gasteiger partial charge >= 0.3 is 5.97 Å². The number of rotatable bonds is 5. The Morgan fingerprint density at radius 2 is 2.18 bits per heavy atom. The highest BCUT2D eigenvalue weighted by molar-refractivity contribution is 5.88. The van der Waals surface area contributed by atoms with Gasteiger partial charge in [0.2, 0.25) is 0 Å². The maximum absolute atomic E-state index is 12.1. The van der Waals surface area contributed by atoms with Crippen molar-refractivity contribution < 1.29 is 9.53 Å². The van der Waals surface area contributed by atoms with E-state index in [4.69, 9.17) is 4.74 Å². The van der Waals surface area contributed by atoms with Crippen molar-refractivity contribution in [3.8, 4) is 0 Å². The van der Waals surface area contributed by atoms with E-state index in [9.17, 15) is 9.59 Å². The molecule has 1 aliphatic rings. The van der Waals surface area contributed by atoms with E-state index in [1.54, 1.807) is 19.1 Å². The molecule has 0 aliphatic heterocycles. The molecule has 118 valence electrons. The lowest BCUT2D eigenvalue weighted by molar-refractivity contribution is 0.0519. The lowest BCUT2D eigenvalue weighted by atomic mass is 10.0. The van der Waals surface area contributed by atoms with Crippen LogP contribution in [0.5, 0.6) is 0 Å². The highest BCUT2D eigenvalue weighted by Crippen LogP contribution is 2.28. The fraction of sp³-hybridized carbons (Fsp3) is 0.562. The summed E-state index contributed by atoms with van der Waals surface area (Å²) in [6, 6.07) is 3.12. The first-order chi connectivity index (χ1) is 10.7. The summed E-state index contributed by atoms with van der Waals surface area (Å²) >= 11 is 0. The van der Waals surface area contributed by atoms with Crippen LogP contribution < -0.4 is 5.56 Å². The minimum absolute atomic E-state index is 0.193. The molecule has 1 saturated carbocycles. The predicted molar refractivity (Wildman–Crippen MR) is 82.0 cm³/mol. The highest BCUT2D eigenvalue weighted by atomic mass is 16.5. The standard InChI is InChI=1S/C16H21N3O3/c1-2-22-16(21)13-10-14-17-12(9-15(20)19(14)18-13)8-7-11-5-3-4-6-11/h9-11,18H,2-8H2,1H3. The molecule has 3 rings (SSSR count). The molecule has 2 aromatic heterocycles. The smallest absolute Gasteiger partial charge is 0.356 e. The topological polar surface area (TPSA) is 76.5 Å². The number of carbonyl (C=O) groups excluding carboxylic acids is 1. The molecular weight excluding hydrogens is 282 g/mol. The summed E-state index contributed by atoms with van der Waals surface area (Å²) in [5, 5.41) is 2.74. The van der Waals surface area contributed by atoms with Crippen LogP contribution in [0.3, 0.4) is 0 Å². The third kappa shape index (κ3) is 3.05. The van der Waals surface area contributed by atoms with Crippen molar-refractivity contribution >= 4 is 11.6 Å². The van der Waals surface area contributed by atoms with Crippen LogP contribution in [0.15, 0.2) is 16.9 Å². The van der Waals surface area contributed by atoms with Gasteiger partial charge in [-0.3, -0.25) is 9.89 Å². The molecule has 2 heterocycles. The Kier molecular flexibility index (Phi) is 4.27. The normalized spacial score (nSPS) is 15.5. The number of nitrogens with zero attached hydrogens (tertiary/aromatic N) is 2. The first-order valence-electron chi connectivity index (χ1n) is 7.96. The van der Waals surface area contributed by atoms with Crippen LogP contribution in [0.4, 0.5) is 0 Å². The molecule has 1 aliphatic carbocycles. The summed E-state index contributed by atoms with van der Waals surface area (Å²) in [4.78, 5) is 28.3. The molecule has 0 bridgehead atoms. The quantitative estimate of drug-likeness (QED) is 0.860. The Morgan fingerprint density at radius 1 is 1.41 bits per heavy atom. The molecule has 0 spiro atoms. The largest absolute Gasteiger partial charge is 0.461 e. The number of aromatic nitrogens is 3. The van der Waals surface area contributed by atoms with Crippen molar-refractivity contribution in [2.45, 2.75) is 45.4 Å². The molecular formula is C16H21N3O3. The fourth-order valence-corrected chi connectivity index (χ4v) is 3.13. The zero-order valence-corrected chi connectivity index (χ0v) is 12.8. The van der Waals surface area contributed by atoms with E-state index in [1.165, 1.54) is 30.2 Å². The summed E-state index contributed by atoms with van der Waals surface area (Å²) in [7, 11) is 0. The summed E-state index contributed by atoms with van der Waals surface area (Å²) in [5.41, 5.74) is 1.32. The summed E-state index contributed by atoms with van der Waals surface area (Å²) in [6.45, 7) is 2.04. The van der Waals surface area contributed by atoms with Crippen LogP contribution in [-0.4, -0.2) is 27.2 Å². The summed E-state index contributed by atoms with van der Waals surface area (Å²) in [6.07, 6.45) is 7.12. The van der Waals surface area contributed by atoms with E-state index in [0.29, 0.717) is 12.3 Å². The first kappa shape index (κ1) is 14.8. The van der Waals surface area contributed by atoms with Crippen LogP contribution in [0.25, 0.3) is 5.65 Å². The van der Waals surface area contributed by atoms with Gasteiger partial charge in [0.1, 0.15) is 5.69 Å². The Labute approximate surface area is 128 Å². The van der Waals surface area contributed by atoms with Crippen molar-refractivity contribution in [1.82, 2.24) is 14.6 Å². The lowest BCUT2D eigenvalue weighted by Crippen LogP contribution is -2.16. The minimum Gasteiger partial charge on any atom is -0.461 e. The second kappa shape index (κ2) is 6.34. The average molecular weight is 303 g/mol. The Balaban J connectivity index is 1.81. The Hall–Kier alpha value is -2.11. The van der Waals surface area contributed by atoms with Gasteiger partial charge in [0.25, 0.3) is 5.56 Å². The third-order valence-electron chi connectivity index (χ3n) is 4.28. The predicted octanol–water partition coefficient (Wildman–Crippen LogP) is 2.32. The van der Waals surface area contributed by atoms with E-state index in [0.717, 1.165) is 24.5 Å². The van der Waals surface area contributed by atoms with Gasteiger partial charge in [0.15, 0.2) is 5.65 Å². The van der Waals surface area contributed by atoms with Crippen LogP contribution in [0.1, 0.15) is 55.2 Å². The summed E-state index contributed by atoms with van der Waals surface area (Å²) in [5.74, 6) is 0.293. The molecule has 0 radical (unpaired) electrons. The van der Waals surface area contributed by atoms with E-state index in [2.05, 4.69) is 10.1 Å². The molecule has 1 N–H and O–H groups in total. The van der Waals surface area contributed by atoms with E-state index >= 15 is 0 Å². The van der Waals surface area contributed by atoms with Gasteiger partial charge in [0, 0.05) is 17.8 Å². The zero-order chi connectivity index (χ0) is 15.5. The number of carbonyl (C=O) groups is 1. The zero-order valence-electron chi connectivity index (χ0n) is 12.8. The van der Waals surface area contributed by atoms with Crippen LogP contribution >= 0.6 is 0 Å². The number of hydrogen-bond donors (Lipinski definition) is 1. The van der Waals surface area contributed by atoms with Crippen molar-refractivity contribution in [1.29, 1.82) is 0 Å². The third-order valence-corrected chi connectivity index (χ3v) is 4.28. The lowest BCUT2D eigenvalue weighted by Gasteiger charge is -2.07. The van der Waals surface area contributed by atoms with Gasteiger partial charge in [-0.15, -0.1) is 0 Å². The monoisotopic (exact) mass is 303 g/mol. The van der Waals surface area contributed by atoms with Crippen LogP contribution in [0.2, 0.25) is 0 Å². The number of H-pyrrole nitrogens is 1. The number of hydrogen-bond acceptors (Lipinski definition) is 4. The molecule has 6 nitrogen and oxygen atoms in total. The molecule has 0 aromatic carbocycles. The van der Waals surface area contributed by atoms with Crippen LogP contribution in [-0.2, 0) is 11.2 Å². The van der Waals surface area contributed by atoms with E-state index < -0.39 is 5.97 Å². The number of fused-ring (bicyclic) bond motifs is 1. The van der Waals surface area contributed by atoms with Gasteiger partial charge in [0.05, 0.1) is 6.61 Å². The molecule has 6 heteroatoms. The van der Waals surface area contributed by atoms with Crippen molar-refractivity contribution in [2.24, 2.45) is 5.92 Å². The van der Waals surface area contributed by atoms with Gasteiger partial charge < -0.3 is 4.74 Å². The number of ether oxygens (including phenoxy) is 1. The van der Waals surface area contributed by atoms with Crippen molar-refractivity contribution in [2.75, 3.05) is 6.61 Å². The van der Waals surface area contributed by atoms with Gasteiger partial charge in [-0.2, -0.15) is 0 Å². The first-order valence-corrected chi connectivity index (χ1v) is 7.96. The van der Waals surface area contributed by atoms with Crippen molar-refractivity contribution in [3.05, 3.63) is 33.9 Å². The van der Waals surface area contributed by atoms with E-state index in [-0.39, 0.29) is 11.3 Å². The number of nitrogens with one attached hydrogen (secondary N) is 1. The number of esters is 1. The molecule has 2 aromatic rings. The Morgan fingerprint density at radius 3 is 2.91 bits per heavy atom. The molecule has 0 unspecified atom stereocenters. The van der Waals surface area contributed by atoms with Crippen LogP contribution in [0, 0.1) is 5.92 Å². The second-order valence-electron chi connectivity index (χ2n) is 5.86. The Bertz CT molecular complexity index is 726. The highest BCUT2D eigenvalue weighted by Gasteiger charge is 2.16. The molecule has 0 amide bonds.